The van der Waals surface area contributed by atoms with Crippen molar-refractivity contribution in [3.05, 3.63) is 4.13 Å². The zero-order chi connectivity index (χ0) is 19.4. The van der Waals surface area contributed by atoms with Crippen LogP contribution in [0.15, 0.2) is 0 Å². The molecule has 1 amide bonds. The van der Waals surface area contributed by atoms with Gasteiger partial charge in [0.2, 0.25) is 0 Å². The molecule has 2 rings (SSSR count). The van der Waals surface area contributed by atoms with Crippen LogP contribution >= 0.6 is 0 Å². The van der Waals surface area contributed by atoms with Gasteiger partial charge >= 0.3 is 16.7 Å². The number of hydrogen-bond acceptors (Lipinski definition) is 6. The van der Waals surface area contributed by atoms with Crippen molar-refractivity contribution in [2.75, 3.05) is 13.1 Å². The van der Waals surface area contributed by atoms with E-state index in [9.17, 15) is 48.4 Å². The van der Waals surface area contributed by atoms with E-state index in [4.69, 9.17) is 0 Å². The van der Waals surface area contributed by atoms with E-state index in [1.807, 2.05) is 0 Å². The number of halogens is 5. The molecule has 1 aliphatic carbocycles. The van der Waals surface area contributed by atoms with Gasteiger partial charge in [-0.3, -0.25) is 9.59 Å². The number of amides is 1. The normalized spacial score (nSPS) is 25.3. The van der Waals surface area contributed by atoms with Gasteiger partial charge in [0.15, 0.2) is 20.0 Å². The van der Waals surface area contributed by atoms with E-state index in [1.165, 1.54) is 4.13 Å². The quantitative estimate of drug-likeness (QED) is 0.622. The number of rotatable bonds is 4. The maximum Gasteiger partial charge on any atom is 0.480 e. The molecule has 1 heterocycles. The Labute approximate surface area is 138 Å². The molecule has 2 bridgehead atoms. The van der Waals surface area contributed by atoms with Gasteiger partial charge in [-0.05, 0) is 12.8 Å². The molecule has 144 valence electrons. The fourth-order valence-electron chi connectivity index (χ4n) is 2.67. The van der Waals surface area contributed by atoms with Crippen LogP contribution in [0.25, 0.3) is 4.13 Å². The summed E-state index contributed by atoms with van der Waals surface area (Å²) in [6, 6.07) is 0. The van der Waals surface area contributed by atoms with Gasteiger partial charge in [0.1, 0.15) is 5.78 Å². The Bertz CT molecular complexity index is 790. The first-order chi connectivity index (χ1) is 11.1. The molecular formula is C10H10F5N2O6S2-. The highest BCUT2D eigenvalue weighted by Gasteiger charge is 2.55. The van der Waals surface area contributed by atoms with Gasteiger partial charge in [-0.15, -0.1) is 0 Å². The fourth-order valence-corrected chi connectivity index (χ4v) is 4.76. The van der Waals surface area contributed by atoms with E-state index in [0.29, 0.717) is 17.7 Å². The second-order valence-corrected chi connectivity index (χ2v) is 9.04. The molecule has 2 unspecified atom stereocenters. The summed E-state index contributed by atoms with van der Waals surface area (Å²) < 4.78 is 109. The number of carbonyl (C=O) groups excluding carboxylic acids is 2. The zero-order valence-electron chi connectivity index (χ0n) is 12.0. The molecule has 0 aromatic carbocycles. The maximum atomic E-state index is 13.9. The summed E-state index contributed by atoms with van der Waals surface area (Å²) in [5.74, 6) is -4.22. The largest absolute Gasteiger partial charge is 0.480 e. The summed E-state index contributed by atoms with van der Waals surface area (Å²) in [6.07, 6.45) is 0.608. The van der Waals surface area contributed by atoms with Gasteiger partial charge < -0.3 is 9.03 Å². The lowest BCUT2D eigenvalue weighted by Gasteiger charge is -2.35. The lowest BCUT2D eigenvalue weighted by molar-refractivity contribution is -0.151. The van der Waals surface area contributed by atoms with Crippen molar-refractivity contribution in [3.63, 3.8) is 0 Å². The SMILES string of the molecule is O=C1C2CCC1CN(C(=O)C(F)(F)S(=O)(=O)[N-]S(=O)(=O)C(F)(F)F)C2. The van der Waals surface area contributed by atoms with Crippen LogP contribution in [-0.4, -0.2) is 57.3 Å². The van der Waals surface area contributed by atoms with Gasteiger partial charge in [-0.2, -0.15) is 22.0 Å². The predicted octanol–water partition coefficient (Wildman–Crippen LogP) is 0.570. The molecule has 8 nitrogen and oxygen atoms in total. The summed E-state index contributed by atoms with van der Waals surface area (Å²) in [5.41, 5.74) is -6.23. The number of fused-ring (bicyclic) bond motifs is 2. The van der Waals surface area contributed by atoms with E-state index in [2.05, 4.69) is 0 Å². The number of alkyl halides is 5. The predicted molar refractivity (Wildman–Crippen MR) is 70.0 cm³/mol. The van der Waals surface area contributed by atoms with Crippen LogP contribution in [-0.2, 0) is 29.6 Å². The number of likely N-dealkylation sites (tertiary alicyclic amines) is 1. The van der Waals surface area contributed by atoms with Crippen LogP contribution in [0.5, 0.6) is 0 Å². The third-order valence-corrected chi connectivity index (χ3v) is 6.88. The van der Waals surface area contributed by atoms with Gasteiger partial charge in [0.05, 0.1) is 0 Å². The molecule has 2 atom stereocenters. The third kappa shape index (κ3) is 3.36. The lowest BCUT2D eigenvalue weighted by Crippen LogP contribution is -2.53. The van der Waals surface area contributed by atoms with Crippen LogP contribution in [0, 0.1) is 11.8 Å². The Balaban J connectivity index is 2.25. The van der Waals surface area contributed by atoms with Gasteiger partial charge in [-0.1, -0.05) is 0 Å². The van der Waals surface area contributed by atoms with Crippen molar-refractivity contribution in [2.45, 2.75) is 23.6 Å². The topological polar surface area (TPSA) is 120 Å². The monoisotopic (exact) mass is 413 g/mol. The third-order valence-electron chi connectivity index (χ3n) is 3.90. The number of carbonyl (C=O) groups is 2. The van der Waals surface area contributed by atoms with Crippen molar-refractivity contribution >= 4 is 31.7 Å². The average Bonchev–Trinajstić information content (AvgIpc) is 2.66. The van der Waals surface area contributed by atoms with Crippen molar-refractivity contribution in [1.82, 2.24) is 4.90 Å². The van der Waals surface area contributed by atoms with Crippen molar-refractivity contribution < 1.29 is 48.4 Å². The molecule has 0 aromatic rings. The van der Waals surface area contributed by atoms with Gasteiger partial charge in [0, 0.05) is 24.9 Å². The molecule has 25 heavy (non-hydrogen) atoms. The van der Waals surface area contributed by atoms with Crippen LogP contribution in [0.3, 0.4) is 0 Å². The molecule has 0 aromatic heterocycles. The van der Waals surface area contributed by atoms with Crippen molar-refractivity contribution in [1.29, 1.82) is 0 Å². The molecule has 0 radical (unpaired) electrons. The highest BCUT2D eigenvalue weighted by Crippen LogP contribution is 2.39. The Morgan fingerprint density at radius 1 is 0.960 bits per heavy atom. The first-order valence-electron chi connectivity index (χ1n) is 6.61. The molecule has 1 saturated carbocycles. The van der Waals surface area contributed by atoms with E-state index in [-0.39, 0.29) is 5.78 Å². The van der Waals surface area contributed by atoms with E-state index in [1.54, 1.807) is 0 Å². The Morgan fingerprint density at radius 2 is 1.40 bits per heavy atom. The number of nitrogens with zero attached hydrogens (tertiary/aromatic N) is 2. The number of hydrogen-bond donors (Lipinski definition) is 0. The van der Waals surface area contributed by atoms with Crippen molar-refractivity contribution in [2.24, 2.45) is 11.8 Å². The van der Waals surface area contributed by atoms with E-state index >= 15 is 0 Å². The summed E-state index contributed by atoms with van der Waals surface area (Å²) in [5, 5.41) is -5.52. The molecule has 0 spiro atoms. The maximum absolute atomic E-state index is 13.9. The smallest absolute Gasteiger partial charge is 0.423 e. The molecule has 1 saturated heterocycles. The first kappa shape index (κ1) is 20.0. The molecule has 2 fully saturated rings. The Kier molecular flexibility index (Phi) is 4.66. The Hall–Kier alpha value is -1.35. The molecule has 2 aliphatic rings. The molecule has 0 N–H and O–H groups in total. The van der Waals surface area contributed by atoms with Gasteiger partial charge in [0.25, 0.3) is 0 Å². The molecule has 1 aliphatic heterocycles. The van der Waals surface area contributed by atoms with E-state index in [0.717, 1.165) is 0 Å². The summed E-state index contributed by atoms with van der Waals surface area (Å²) in [7, 11) is -13.5. The van der Waals surface area contributed by atoms with Crippen molar-refractivity contribution in [3.8, 4) is 0 Å². The second-order valence-electron chi connectivity index (χ2n) is 5.57. The summed E-state index contributed by atoms with van der Waals surface area (Å²) in [4.78, 5) is 23.7. The van der Waals surface area contributed by atoms with Crippen LogP contribution < -0.4 is 0 Å². The Morgan fingerprint density at radius 3 is 1.80 bits per heavy atom. The van der Waals surface area contributed by atoms with E-state index < -0.39 is 61.6 Å². The minimum atomic E-state index is -6.79. The first-order valence-corrected chi connectivity index (χ1v) is 9.49. The van der Waals surface area contributed by atoms with Crippen LogP contribution in [0.2, 0.25) is 0 Å². The fraction of sp³-hybridized carbons (Fsp3) is 0.800. The molecule has 15 heteroatoms. The number of sulfonamides is 2. The average molecular weight is 413 g/mol. The standard InChI is InChI=1S/C10H10F5N2O6S2/c11-9(12,24(20,21)16-25(22,23)10(13,14)15)8(19)17-3-5-1-2-6(4-17)7(5)18/h5-6H,1-4H2/q-1. The lowest BCUT2D eigenvalue weighted by atomic mass is 9.97. The van der Waals surface area contributed by atoms with Crippen LogP contribution in [0.4, 0.5) is 22.0 Å². The second kappa shape index (κ2) is 5.84. The number of Topliss-reactive ketones (excluding diaryl/α,β-unsaturated/α-hetero) is 1. The molecular weight excluding hydrogens is 403 g/mol. The highest BCUT2D eigenvalue weighted by molar-refractivity contribution is 8.13. The zero-order valence-corrected chi connectivity index (χ0v) is 13.7. The minimum Gasteiger partial charge on any atom is -0.423 e. The van der Waals surface area contributed by atoms with Crippen LogP contribution in [0.1, 0.15) is 12.8 Å². The minimum absolute atomic E-state index is 0.264. The summed E-state index contributed by atoms with van der Waals surface area (Å²) >= 11 is 0. The van der Waals surface area contributed by atoms with Gasteiger partial charge in [-0.25, -0.2) is 16.8 Å². The number of ketones is 1. The highest BCUT2D eigenvalue weighted by atomic mass is 32.3. The summed E-state index contributed by atoms with van der Waals surface area (Å²) in [6.45, 7) is -1.05. The number of piperidine rings is 1.